The van der Waals surface area contributed by atoms with Crippen LogP contribution in [0.1, 0.15) is 17.2 Å². The van der Waals surface area contributed by atoms with Crippen molar-refractivity contribution < 1.29 is 13.9 Å². The van der Waals surface area contributed by atoms with Gasteiger partial charge in [0.25, 0.3) is 0 Å². The van der Waals surface area contributed by atoms with Crippen molar-refractivity contribution in [1.29, 1.82) is 0 Å². The minimum Gasteiger partial charge on any atom is -0.370 e. The summed E-state index contributed by atoms with van der Waals surface area (Å²) >= 11 is 3.45. The zero-order valence-corrected chi connectivity index (χ0v) is 14.8. The number of carbonyl (C=O) groups excluding carboxylic acids is 1. The molecule has 0 saturated carbocycles. The molecule has 2 aromatic rings. The highest BCUT2D eigenvalue weighted by molar-refractivity contribution is 9.10. The third-order valence-corrected chi connectivity index (χ3v) is 4.88. The van der Waals surface area contributed by atoms with Crippen LogP contribution in [0.4, 0.5) is 14.9 Å². The number of carbonyl (C=O) groups is 1. The van der Waals surface area contributed by atoms with E-state index in [1.165, 1.54) is 6.07 Å². The minimum atomic E-state index is -0.449. The Balaban J connectivity index is 1.69. The van der Waals surface area contributed by atoms with Gasteiger partial charge in [0, 0.05) is 22.3 Å². The lowest BCUT2D eigenvalue weighted by atomic mass is 10.1. The quantitative estimate of drug-likeness (QED) is 0.816. The van der Waals surface area contributed by atoms with Crippen molar-refractivity contribution in [3.8, 4) is 0 Å². The number of hydrogen-bond donors (Lipinski definition) is 1. The molecule has 2 aromatic carbocycles. The van der Waals surface area contributed by atoms with Gasteiger partial charge in [0.05, 0.1) is 13.2 Å². The predicted molar refractivity (Wildman–Crippen MR) is 94.6 cm³/mol. The second-order valence-corrected chi connectivity index (χ2v) is 6.58. The van der Waals surface area contributed by atoms with Crippen molar-refractivity contribution in [1.82, 2.24) is 4.90 Å². The van der Waals surface area contributed by atoms with Gasteiger partial charge in [-0.15, -0.1) is 0 Å². The number of halogens is 2. The van der Waals surface area contributed by atoms with Crippen LogP contribution in [0.5, 0.6) is 0 Å². The number of aryl methyl sites for hydroxylation is 1. The SMILES string of the molecule is Cc1ccc(NC(=O)N2CCOC(c3ccccc3F)C2)cc1Br. The zero-order valence-electron chi connectivity index (χ0n) is 13.3. The van der Waals surface area contributed by atoms with Crippen LogP contribution in [0.25, 0.3) is 0 Å². The number of nitrogens with zero attached hydrogens (tertiary/aromatic N) is 1. The van der Waals surface area contributed by atoms with Gasteiger partial charge in [-0.1, -0.05) is 40.2 Å². The van der Waals surface area contributed by atoms with Gasteiger partial charge in [-0.3, -0.25) is 0 Å². The van der Waals surface area contributed by atoms with E-state index >= 15 is 0 Å². The maximum absolute atomic E-state index is 13.9. The second kappa shape index (κ2) is 7.32. The first-order valence-electron chi connectivity index (χ1n) is 7.72. The number of hydrogen-bond acceptors (Lipinski definition) is 2. The van der Waals surface area contributed by atoms with E-state index in [-0.39, 0.29) is 11.8 Å². The van der Waals surface area contributed by atoms with E-state index in [1.807, 2.05) is 25.1 Å². The number of morpholine rings is 1. The highest BCUT2D eigenvalue weighted by Crippen LogP contribution is 2.25. The molecule has 1 fully saturated rings. The molecule has 0 spiro atoms. The van der Waals surface area contributed by atoms with Gasteiger partial charge in [-0.25, -0.2) is 9.18 Å². The molecule has 126 valence electrons. The van der Waals surface area contributed by atoms with Crippen LogP contribution in [0.3, 0.4) is 0 Å². The molecular formula is C18H18BrFN2O2. The zero-order chi connectivity index (χ0) is 17.1. The molecule has 1 saturated heterocycles. The van der Waals surface area contributed by atoms with E-state index in [2.05, 4.69) is 21.2 Å². The summed E-state index contributed by atoms with van der Waals surface area (Å²) in [6.45, 7) is 3.16. The average Bonchev–Trinajstić information content (AvgIpc) is 2.59. The summed E-state index contributed by atoms with van der Waals surface area (Å²) in [7, 11) is 0. The predicted octanol–water partition coefficient (Wildman–Crippen LogP) is 4.50. The smallest absolute Gasteiger partial charge is 0.322 e. The Bertz CT molecular complexity index is 754. The van der Waals surface area contributed by atoms with E-state index in [1.54, 1.807) is 23.1 Å². The first-order chi connectivity index (χ1) is 11.5. The van der Waals surface area contributed by atoms with Gasteiger partial charge in [-0.05, 0) is 30.7 Å². The summed E-state index contributed by atoms with van der Waals surface area (Å²) in [6.07, 6.45) is -0.449. The maximum atomic E-state index is 13.9. The Hall–Kier alpha value is -1.92. The molecule has 0 bridgehead atoms. The van der Waals surface area contributed by atoms with E-state index in [0.717, 1.165) is 10.0 Å². The van der Waals surface area contributed by atoms with Crippen molar-refractivity contribution in [2.24, 2.45) is 0 Å². The first-order valence-corrected chi connectivity index (χ1v) is 8.52. The number of ether oxygens (including phenoxy) is 1. The standard InChI is InChI=1S/C18H18BrFN2O2/c1-12-6-7-13(10-15(12)19)21-18(23)22-8-9-24-17(11-22)14-4-2-3-5-16(14)20/h2-7,10,17H,8-9,11H2,1H3,(H,21,23). The lowest BCUT2D eigenvalue weighted by Crippen LogP contribution is -2.44. The Labute approximate surface area is 148 Å². The molecule has 1 heterocycles. The van der Waals surface area contributed by atoms with Crippen molar-refractivity contribution >= 4 is 27.6 Å². The normalized spacial score (nSPS) is 17.6. The number of benzene rings is 2. The van der Waals surface area contributed by atoms with Gasteiger partial charge in [-0.2, -0.15) is 0 Å². The van der Waals surface area contributed by atoms with Crippen molar-refractivity contribution in [2.75, 3.05) is 25.0 Å². The van der Waals surface area contributed by atoms with Gasteiger partial charge < -0.3 is 15.0 Å². The summed E-state index contributed by atoms with van der Waals surface area (Å²) in [5.41, 5.74) is 2.29. The fourth-order valence-electron chi connectivity index (χ4n) is 2.63. The van der Waals surface area contributed by atoms with Gasteiger partial charge in [0.1, 0.15) is 11.9 Å². The first kappa shape index (κ1) is 16.9. The molecule has 1 unspecified atom stereocenters. The number of nitrogens with one attached hydrogen (secondary N) is 1. The molecule has 0 aliphatic carbocycles. The van der Waals surface area contributed by atoms with Crippen molar-refractivity contribution in [3.05, 3.63) is 63.9 Å². The number of anilines is 1. The summed E-state index contributed by atoms with van der Waals surface area (Å²) < 4.78 is 20.5. The van der Waals surface area contributed by atoms with Crippen LogP contribution < -0.4 is 5.32 Å². The summed E-state index contributed by atoms with van der Waals surface area (Å²) in [4.78, 5) is 14.1. The fraction of sp³-hybridized carbons (Fsp3) is 0.278. The largest absolute Gasteiger partial charge is 0.370 e. The lowest BCUT2D eigenvalue weighted by molar-refractivity contribution is -0.0152. The number of rotatable bonds is 2. The van der Waals surface area contributed by atoms with Crippen LogP contribution in [0.2, 0.25) is 0 Å². The Morgan fingerprint density at radius 2 is 2.12 bits per heavy atom. The number of amides is 2. The van der Waals surface area contributed by atoms with Gasteiger partial charge in [0.2, 0.25) is 0 Å². The van der Waals surface area contributed by atoms with Crippen LogP contribution in [0, 0.1) is 12.7 Å². The molecule has 1 aliphatic heterocycles. The van der Waals surface area contributed by atoms with E-state index in [4.69, 9.17) is 4.74 Å². The monoisotopic (exact) mass is 392 g/mol. The Morgan fingerprint density at radius 1 is 1.33 bits per heavy atom. The molecule has 1 aliphatic rings. The maximum Gasteiger partial charge on any atom is 0.322 e. The molecule has 6 heteroatoms. The minimum absolute atomic E-state index is 0.213. The third-order valence-electron chi connectivity index (χ3n) is 4.03. The van der Waals surface area contributed by atoms with Crippen LogP contribution >= 0.6 is 15.9 Å². The van der Waals surface area contributed by atoms with Crippen molar-refractivity contribution in [3.63, 3.8) is 0 Å². The average molecular weight is 393 g/mol. The molecule has 2 amide bonds. The molecule has 1 atom stereocenters. The fourth-order valence-corrected chi connectivity index (χ4v) is 3.01. The van der Waals surface area contributed by atoms with Crippen LogP contribution in [0.15, 0.2) is 46.9 Å². The van der Waals surface area contributed by atoms with Crippen LogP contribution in [-0.4, -0.2) is 30.6 Å². The van der Waals surface area contributed by atoms with Gasteiger partial charge in [0.15, 0.2) is 0 Å². The molecule has 24 heavy (non-hydrogen) atoms. The molecule has 3 rings (SSSR count). The topological polar surface area (TPSA) is 41.6 Å². The van der Waals surface area contributed by atoms with E-state index in [9.17, 15) is 9.18 Å². The molecular weight excluding hydrogens is 375 g/mol. The molecule has 0 radical (unpaired) electrons. The molecule has 1 N–H and O–H groups in total. The highest BCUT2D eigenvalue weighted by atomic mass is 79.9. The Kier molecular flexibility index (Phi) is 5.16. The summed E-state index contributed by atoms with van der Waals surface area (Å²) in [5, 5.41) is 2.87. The van der Waals surface area contributed by atoms with Crippen LogP contribution in [-0.2, 0) is 4.74 Å². The number of urea groups is 1. The van der Waals surface area contributed by atoms with Gasteiger partial charge >= 0.3 is 6.03 Å². The van der Waals surface area contributed by atoms with Crippen molar-refractivity contribution in [2.45, 2.75) is 13.0 Å². The third kappa shape index (κ3) is 3.76. The second-order valence-electron chi connectivity index (χ2n) is 5.72. The van der Waals surface area contributed by atoms with E-state index < -0.39 is 6.10 Å². The Morgan fingerprint density at radius 3 is 2.88 bits per heavy atom. The molecule has 4 nitrogen and oxygen atoms in total. The summed E-state index contributed by atoms with van der Waals surface area (Å²) in [6, 6.07) is 11.9. The van der Waals surface area contributed by atoms with E-state index in [0.29, 0.717) is 30.9 Å². The lowest BCUT2D eigenvalue weighted by Gasteiger charge is -2.33. The molecule has 0 aromatic heterocycles. The highest BCUT2D eigenvalue weighted by Gasteiger charge is 2.27. The summed E-state index contributed by atoms with van der Waals surface area (Å²) in [5.74, 6) is -0.313.